The fourth-order valence-electron chi connectivity index (χ4n) is 4.52. The second kappa shape index (κ2) is 7.52. The van der Waals surface area contributed by atoms with Gasteiger partial charge in [-0.1, -0.05) is 19.9 Å². The summed E-state index contributed by atoms with van der Waals surface area (Å²) < 4.78 is 40.2. The van der Waals surface area contributed by atoms with Crippen molar-refractivity contribution in [2.45, 2.75) is 45.7 Å². The number of carbonyl (C=O) groups excluding carboxylic acids is 1. The summed E-state index contributed by atoms with van der Waals surface area (Å²) in [6.45, 7) is 5.83. The third-order valence-corrected chi connectivity index (χ3v) is 6.92. The molecule has 32 heavy (non-hydrogen) atoms. The minimum Gasteiger partial charge on any atom is -0.384 e. The molecule has 0 radical (unpaired) electrons. The monoisotopic (exact) mass is 457 g/mol. The molecule has 2 N–H and O–H groups in total. The first kappa shape index (κ1) is 22.2. The van der Waals surface area contributed by atoms with Crippen LogP contribution in [0.15, 0.2) is 59.1 Å². The Morgan fingerprint density at radius 1 is 1.22 bits per heavy atom. The fourth-order valence-corrected chi connectivity index (χ4v) is 5.52. The maximum atomic E-state index is 13.4. The van der Waals surface area contributed by atoms with Crippen LogP contribution in [0, 0.1) is 23.7 Å². The Morgan fingerprint density at radius 2 is 1.94 bits per heavy atom. The van der Waals surface area contributed by atoms with E-state index < -0.39 is 23.1 Å². The van der Waals surface area contributed by atoms with Gasteiger partial charge in [-0.2, -0.15) is 18.4 Å². The zero-order valence-electron chi connectivity index (χ0n) is 17.9. The maximum Gasteiger partial charge on any atom is 0.416 e. The zero-order chi connectivity index (χ0) is 23.4. The lowest BCUT2D eigenvalue weighted by atomic mass is 9.69. The number of carbonyl (C=O) groups is 1. The molecule has 0 fully saturated rings. The van der Waals surface area contributed by atoms with E-state index in [9.17, 15) is 23.2 Å². The summed E-state index contributed by atoms with van der Waals surface area (Å²) >= 11 is 1.48. The second-order valence-electron chi connectivity index (χ2n) is 8.98. The lowest BCUT2D eigenvalue weighted by Crippen LogP contribution is -2.42. The minimum atomic E-state index is -4.53. The van der Waals surface area contributed by atoms with Crippen LogP contribution in [0.1, 0.15) is 47.9 Å². The largest absolute Gasteiger partial charge is 0.416 e. The summed E-state index contributed by atoms with van der Waals surface area (Å²) in [5, 5.41) is 10.0. The van der Waals surface area contributed by atoms with E-state index in [1.54, 1.807) is 0 Å². The van der Waals surface area contributed by atoms with E-state index in [4.69, 9.17) is 5.73 Å². The van der Waals surface area contributed by atoms with Crippen LogP contribution < -0.4 is 10.6 Å². The van der Waals surface area contributed by atoms with Gasteiger partial charge in [0.2, 0.25) is 0 Å². The number of anilines is 1. The second-order valence-corrected chi connectivity index (χ2v) is 10.3. The van der Waals surface area contributed by atoms with E-state index in [1.165, 1.54) is 28.4 Å². The summed E-state index contributed by atoms with van der Waals surface area (Å²) in [5.41, 5.74) is 6.63. The number of aryl methyl sites for hydroxylation is 1. The molecule has 2 aromatic rings. The van der Waals surface area contributed by atoms with E-state index in [0.717, 1.165) is 21.9 Å². The van der Waals surface area contributed by atoms with Crippen LogP contribution in [0.5, 0.6) is 0 Å². The Bertz CT molecular complexity index is 1210. The summed E-state index contributed by atoms with van der Waals surface area (Å²) in [7, 11) is 0. The normalized spacial score (nSPS) is 21.0. The van der Waals surface area contributed by atoms with Gasteiger partial charge in [-0.15, -0.1) is 11.3 Å². The van der Waals surface area contributed by atoms with Crippen molar-refractivity contribution in [3.8, 4) is 6.07 Å². The highest BCUT2D eigenvalue weighted by Gasteiger charge is 2.45. The molecule has 1 aliphatic heterocycles. The molecule has 8 heteroatoms. The molecule has 2 aliphatic rings. The van der Waals surface area contributed by atoms with Crippen LogP contribution in [0.4, 0.5) is 18.9 Å². The first-order valence-corrected chi connectivity index (χ1v) is 10.9. The summed E-state index contributed by atoms with van der Waals surface area (Å²) in [5.74, 6) is -0.656. The number of Topliss-reactive ketones (excluding diaryl/α,β-unsaturated/α-hetero) is 1. The summed E-state index contributed by atoms with van der Waals surface area (Å²) in [6.07, 6.45) is -3.79. The Balaban J connectivity index is 1.99. The quantitative estimate of drug-likeness (QED) is 0.599. The average molecular weight is 458 g/mol. The van der Waals surface area contributed by atoms with Gasteiger partial charge in [0.05, 0.1) is 23.1 Å². The molecule has 166 valence electrons. The van der Waals surface area contributed by atoms with Crippen molar-refractivity contribution in [2.75, 3.05) is 4.90 Å². The maximum absolute atomic E-state index is 13.4. The molecule has 4 nitrogen and oxygen atoms in total. The molecule has 2 heterocycles. The van der Waals surface area contributed by atoms with Crippen LogP contribution in [0.3, 0.4) is 0 Å². The van der Waals surface area contributed by atoms with Crippen LogP contribution in [0.25, 0.3) is 0 Å². The number of allylic oxidation sites excluding steroid dienone is 3. The van der Waals surface area contributed by atoms with Crippen LogP contribution in [-0.2, 0) is 11.0 Å². The molecule has 0 spiro atoms. The number of nitrogens with two attached hydrogens (primary N) is 1. The molecular weight excluding hydrogens is 435 g/mol. The molecule has 0 amide bonds. The predicted octanol–water partition coefficient (Wildman–Crippen LogP) is 6.02. The molecule has 0 bridgehead atoms. The molecule has 0 saturated carbocycles. The van der Waals surface area contributed by atoms with Gasteiger partial charge in [0.15, 0.2) is 5.78 Å². The number of ketones is 1. The summed E-state index contributed by atoms with van der Waals surface area (Å²) in [4.78, 5) is 16.7. The molecule has 1 aromatic heterocycles. The van der Waals surface area contributed by atoms with E-state index in [1.807, 2.05) is 32.9 Å². The standard InChI is InChI=1S/C24H22F3N3OS/c1-13-7-8-19(32-13)20-16(12-28)22(29)30(15-6-4-5-14(9-15)24(25,26)27)17-10-23(2,3)11-18(31)21(17)20/h4-9,20H,10-11,29H2,1-3H3. The van der Waals surface area contributed by atoms with Crippen molar-refractivity contribution in [1.82, 2.24) is 0 Å². The molecule has 1 aromatic carbocycles. The topological polar surface area (TPSA) is 70.1 Å². The summed E-state index contributed by atoms with van der Waals surface area (Å²) in [6, 6.07) is 10.8. The molecular formula is C24H22F3N3OS. The van der Waals surface area contributed by atoms with Crippen molar-refractivity contribution < 1.29 is 18.0 Å². The van der Waals surface area contributed by atoms with Crippen molar-refractivity contribution in [1.29, 1.82) is 5.26 Å². The van der Waals surface area contributed by atoms with Crippen LogP contribution in [-0.4, -0.2) is 5.78 Å². The van der Waals surface area contributed by atoms with E-state index in [2.05, 4.69) is 6.07 Å². The number of hydrogen-bond donors (Lipinski definition) is 1. The van der Waals surface area contributed by atoms with Gasteiger partial charge in [0.1, 0.15) is 5.82 Å². The van der Waals surface area contributed by atoms with Crippen molar-refractivity contribution in [3.63, 3.8) is 0 Å². The third kappa shape index (κ3) is 3.71. The van der Waals surface area contributed by atoms with Gasteiger partial charge in [-0.25, -0.2) is 0 Å². The Labute approximate surface area is 188 Å². The van der Waals surface area contributed by atoms with Gasteiger partial charge in [-0.3, -0.25) is 9.69 Å². The molecule has 0 saturated heterocycles. The van der Waals surface area contributed by atoms with E-state index in [0.29, 0.717) is 24.1 Å². The van der Waals surface area contributed by atoms with Gasteiger partial charge in [0.25, 0.3) is 0 Å². The van der Waals surface area contributed by atoms with Crippen LogP contribution in [0.2, 0.25) is 0 Å². The number of thiophene rings is 1. The number of halogens is 3. The molecule has 1 aliphatic carbocycles. The van der Waals surface area contributed by atoms with Gasteiger partial charge >= 0.3 is 6.18 Å². The lowest BCUT2D eigenvalue weighted by molar-refractivity contribution is -0.137. The van der Waals surface area contributed by atoms with Gasteiger partial charge in [0, 0.05) is 33.1 Å². The lowest BCUT2D eigenvalue weighted by Gasteiger charge is -2.43. The SMILES string of the molecule is Cc1ccc(C2C(C#N)=C(N)N(c3cccc(C(F)(F)F)c3)C3=C2C(=O)CC(C)(C)C3)s1. The van der Waals surface area contributed by atoms with Gasteiger partial charge < -0.3 is 5.73 Å². The highest BCUT2D eigenvalue weighted by atomic mass is 32.1. The zero-order valence-corrected chi connectivity index (χ0v) is 18.7. The smallest absolute Gasteiger partial charge is 0.384 e. The first-order valence-electron chi connectivity index (χ1n) is 10.1. The molecule has 4 rings (SSSR count). The Morgan fingerprint density at radius 3 is 2.53 bits per heavy atom. The third-order valence-electron chi connectivity index (χ3n) is 5.86. The number of benzene rings is 1. The minimum absolute atomic E-state index is 0.0622. The highest BCUT2D eigenvalue weighted by molar-refractivity contribution is 7.12. The van der Waals surface area contributed by atoms with Gasteiger partial charge in [-0.05, 0) is 49.1 Å². The highest BCUT2D eigenvalue weighted by Crippen LogP contribution is 2.51. The Kier molecular flexibility index (Phi) is 5.21. The van der Waals surface area contributed by atoms with Crippen molar-refractivity contribution in [2.24, 2.45) is 11.1 Å². The van der Waals surface area contributed by atoms with E-state index >= 15 is 0 Å². The first-order chi connectivity index (χ1) is 14.9. The van der Waals surface area contributed by atoms with Crippen LogP contribution >= 0.6 is 11.3 Å². The average Bonchev–Trinajstić information content (AvgIpc) is 3.11. The number of alkyl halides is 3. The van der Waals surface area contributed by atoms with Crippen molar-refractivity contribution in [3.05, 3.63) is 74.4 Å². The van der Waals surface area contributed by atoms with Crippen molar-refractivity contribution >= 4 is 22.8 Å². The van der Waals surface area contributed by atoms with E-state index in [-0.39, 0.29) is 22.9 Å². The Hall–Kier alpha value is -3.05. The number of nitriles is 1. The fraction of sp³-hybridized carbons (Fsp3) is 0.333. The molecule has 1 atom stereocenters. The predicted molar refractivity (Wildman–Crippen MR) is 118 cm³/mol. The molecule has 1 unspecified atom stereocenters. The number of nitrogens with zero attached hydrogens (tertiary/aromatic N) is 2. The number of rotatable bonds is 2. The number of hydrogen-bond acceptors (Lipinski definition) is 5.